The third-order valence-electron chi connectivity index (χ3n) is 3.81. The first-order chi connectivity index (χ1) is 7.34. The molecule has 1 amide bonds. The van der Waals surface area contributed by atoms with Gasteiger partial charge in [0.15, 0.2) is 0 Å². The summed E-state index contributed by atoms with van der Waals surface area (Å²) < 4.78 is 0. The summed E-state index contributed by atoms with van der Waals surface area (Å²) in [5.41, 5.74) is 1.56. The van der Waals surface area contributed by atoms with E-state index in [-0.39, 0.29) is 74.4 Å². The Hall–Kier alpha value is 0.742. The predicted octanol–water partition coefficient (Wildman–Crippen LogP) is -0.920. The molecule has 1 aliphatic heterocycles. The first-order valence-corrected chi connectivity index (χ1v) is 5.54. The average Bonchev–Trinajstić information content (AvgIpc) is 2.94. The first-order valence-electron chi connectivity index (χ1n) is 5.54. The van der Waals surface area contributed by atoms with E-state index in [9.17, 15) is 4.79 Å². The average molecular weight is 333 g/mol. The van der Waals surface area contributed by atoms with Gasteiger partial charge in [-0.25, -0.2) is 0 Å². The molecular formula is C13H14CsNO. The summed E-state index contributed by atoms with van der Waals surface area (Å²) in [6.45, 7) is 0.855. The van der Waals surface area contributed by atoms with Crippen molar-refractivity contribution in [1.29, 1.82) is 0 Å². The van der Waals surface area contributed by atoms with Crippen molar-refractivity contribution in [2.75, 3.05) is 6.54 Å². The van der Waals surface area contributed by atoms with Crippen molar-refractivity contribution >= 4 is 6.41 Å². The van der Waals surface area contributed by atoms with E-state index < -0.39 is 0 Å². The normalized spacial score (nSPS) is 25.2. The van der Waals surface area contributed by atoms with Crippen LogP contribution in [-0.2, 0) is 4.79 Å². The van der Waals surface area contributed by atoms with Crippen molar-refractivity contribution in [3.05, 3.63) is 35.9 Å². The van der Waals surface area contributed by atoms with E-state index in [1.165, 1.54) is 18.4 Å². The molecule has 1 atom stereocenters. The Morgan fingerprint density at radius 1 is 1.25 bits per heavy atom. The zero-order valence-corrected chi connectivity index (χ0v) is 15.9. The monoisotopic (exact) mass is 333 g/mol. The van der Waals surface area contributed by atoms with E-state index in [1.54, 1.807) is 0 Å². The fourth-order valence-corrected chi connectivity index (χ4v) is 2.75. The summed E-state index contributed by atoms with van der Waals surface area (Å²) in [5.74, 6) is 0.523. The summed E-state index contributed by atoms with van der Waals surface area (Å²) >= 11 is 0. The van der Waals surface area contributed by atoms with Crippen molar-refractivity contribution in [3.63, 3.8) is 0 Å². The fraction of sp³-hybridized carbons (Fsp3) is 0.462. The maximum Gasteiger partial charge on any atom is 1.00 e. The van der Waals surface area contributed by atoms with E-state index in [1.807, 2.05) is 11.0 Å². The standard InChI is InChI=1S/C13H14NO.Cs/c15-10-14-9-12(8-13(14)6-7-13)11-4-2-1-3-5-11;/h1-5,12H,6-9H2;/q-1;+1/t12-;/m1./s1. The Balaban J connectivity index is 0.000000963. The Morgan fingerprint density at radius 3 is 2.44 bits per heavy atom. The summed E-state index contributed by atoms with van der Waals surface area (Å²) in [6, 6.07) is 10.5. The largest absolute Gasteiger partial charge is 1.00 e. The van der Waals surface area contributed by atoms with Crippen LogP contribution in [0.4, 0.5) is 0 Å². The molecule has 3 rings (SSSR count). The molecule has 0 N–H and O–H groups in total. The number of rotatable bonds is 2. The molecule has 1 aliphatic carbocycles. The predicted molar refractivity (Wildman–Crippen MR) is 58.2 cm³/mol. The number of hydrogen-bond donors (Lipinski definition) is 0. The van der Waals surface area contributed by atoms with Gasteiger partial charge < -0.3 is 9.69 Å². The molecule has 1 saturated carbocycles. The quantitative estimate of drug-likeness (QED) is 0.641. The van der Waals surface area contributed by atoms with Crippen LogP contribution < -0.4 is 68.9 Å². The second kappa shape index (κ2) is 5.16. The molecule has 16 heavy (non-hydrogen) atoms. The van der Waals surface area contributed by atoms with Crippen LogP contribution in [0.1, 0.15) is 30.7 Å². The van der Waals surface area contributed by atoms with Crippen LogP contribution in [-0.4, -0.2) is 23.4 Å². The second-order valence-corrected chi connectivity index (χ2v) is 4.74. The molecule has 1 saturated heterocycles. The summed E-state index contributed by atoms with van der Waals surface area (Å²) in [5, 5.41) is 0. The van der Waals surface area contributed by atoms with E-state index in [0.29, 0.717) is 5.92 Å². The first kappa shape index (κ1) is 13.2. The van der Waals surface area contributed by atoms with Gasteiger partial charge in [-0.3, -0.25) is 0 Å². The van der Waals surface area contributed by atoms with Gasteiger partial charge in [0, 0.05) is 11.5 Å². The molecule has 0 unspecified atom stereocenters. The van der Waals surface area contributed by atoms with Crippen molar-refractivity contribution < 1.29 is 73.7 Å². The Morgan fingerprint density at radius 2 is 1.94 bits per heavy atom. The Kier molecular flexibility index (Phi) is 4.25. The minimum Gasteiger partial charge on any atom is -0.520 e. The van der Waals surface area contributed by atoms with Gasteiger partial charge in [-0.15, -0.1) is 0 Å². The fourth-order valence-electron chi connectivity index (χ4n) is 2.75. The van der Waals surface area contributed by atoms with Crippen LogP contribution in [0.2, 0.25) is 0 Å². The Bertz CT molecular complexity index is 375. The maximum absolute atomic E-state index is 10.8. The maximum atomic E-state index is 10.8. The van der Waals surface area contributed by atoms with Crippen LogP contribution in [0.25, 0.3) is 0 Å². The van der Waals surface area contributed by atoms with E-state index >= 15 is 0 Å². The Labute approximate surface area is 155 Å². The van der Waals surface area contributed by atoms with E-state index in [2.05, 4.69) is 30.7 Å². The van der Waals surface area contributed by atoms with Crippen LogP contribution >= 0.6 is 0 Å². The third kappa shape index (κ3) is 2.31. The third-order valence-corrected chi connectivity index (χ3v) is 3.81. The van der Waals surface area contributed by atoms with Crippen LogP contribution in [0.5, 0.6) is 0 Å². The van der Waals surface area contributed by atoms with Gasteiger partial charge in [-0.1, -0.05) is 30.3 Å². The van der Waals surface area contributed by atoms with Crippen molar-refractivity contribution in [3.8, 4) is 0 Å². The van der Waals surface area contributed by atoms with Crippen LogP contribution in [0, 0.1) is 0 Å². The summed E-state index contributed by atoms with van der Waals surface area (Å²) in [4.78, 5) is 12.7. The second-order valence-electron chi connectivity index (χ2n) is 4.74. The molecule has 1 aromatic carbocycles. The SMILES string of the molecule is O=[C-]N1C[C@H](c2ccccc2)CC12CC2.[Cs+]. The molecule has 78 valence electrons. The van der Waals surface area contributed by atoms with E-state index in [4.69, 9.17) is 0 Å². The molecule has 0 radical (unpaired) electrons. The summed E-state index contributed by atoms with van der Waals surface area (Å²) in [6.07, 6.45) is 5.58. The van der Waals surface area contributed by atoms with Gasteiger partial charge in [-0.05, 0) is 31.4 Å². The molecule has 0 aromatic heterocycles. The number of benzene rings is 1. The smallest absolute Gasteiger partial charge is 0.520 e. The molecule has 2 aliphatic rings. The zero-order chi connectivity index (χ0) is 10.3. The molecule has 3 heteroatoms. The van der Waals surface area contributed by atoms with Gasteiger partial charge >= 0.3 is 68.9 Å². The van der Waals surface area contributed by atoms with Gasteiger partial charge in [-0.2, -0.15) is 6.41 Å². The molecule has 2 fully saturated rings. The number of carbonyl (C=O) groups excluding carboxylic acids is 1. The number of nitrogens with zero attached hydrogens (tertiary/aromatic N) is 1. The minimum atomic E-state index is 0. The molecule has 2 nitrogen and oxygen atoms in total. The van der Waals surface area contributed by atoms with Crippen molar-refractivity contribution in [1.82, 2.24) is 4.90 Å². The number of amides is 1. The van der Waals surface area contributed by atoms with Crippen molar-refractivity contribution in [2.45, 2.75) is 30.7 Å². The van der Waals surface area contributed by atoms with Gasteiger partial charge in [0.25, 0.3) is 0 Å². The van der Waals surface area contributed by atoms with Gasteiger partial charge in [0.1, 0.15) is 0 Å². The van der Waals surface area contributed by atoms with Crippen LogP contribution in [0.15, 0.2) is 30.3 Å². The molecule has 0 bridgehead atoms. The van der Waals surface area contributed by atoms with Crippen LogP contribution in [0.3, 0.4) is 0 Å². The minimum absolute atomic E-state index is 0. The van der Waals surface area contributed by atoms with E-state index in [0.717, 1.165) is 13.0 Å². The molecule has 1 spiro atoms. The molecule has 1 aromatic rings. The zero-order valence-electron chi connectivity index (χ0n) is 9.65. The number of hydrogen-bond acceptors (Lipinski definition) is 1. The van der Waals surface area contributed by atoms with Crippen molar-refractivity contribution in [2.24, 2.45) is 0 Å². The van der Waals surface area contributed by atoms with Gasteiger partial charge in [0.2, 0.25) is 0 Å². The molecular weight excluding hydrogens is 319 g/mol. The summed E-state index contributed by atoms with van der Waals surface area (Å²) in [7, 11) is 0. The van der Waals surface area contributed by atoms with Gasteiger partial charge in [0.05, 0.1) is 0 Å². The number of likely N-dealkylation sites (tertiary alicyclic amines) is 1. The molecule has 1 heterocycles. The topological polar surface area (TPSA) is 20.3 Å².